The third-order valence-electron chi connectivity index (χ3n) is 2.28. The normalized spacial score (nSPS) is 27.9. The van der Waals surface area contributed by atoms with Gasteiger partial charge in [-0.15, -0.1) is 0 Å². The van der Waals surface area contributed by atoms with E-state index in [0.29, 0.717) is 12.2 Å². The number of sulfone groups is 1. The summed E-state index contributed by atoms with van der Waals surface area (Å²) >= 11 is 0. The van der Waals surface area contributed by atoms with Crippen molar-refractivity contribution < 1.29 is 13.5 Å². The lowest BCUT2D eigenvalue weighted by atomic mass is 10.2. The van der Waals surface area contributed by atoms with Crippen molar-refractivity contribution in [2.45, 2.75) is 30.9 Å². The van der Waals surface area contributed by atoms with Gasteiger partial charge in [0.2, 0.25) is 0 Å². The smallest absolute Gasteiger partial charge is 0.156 e. The van der Waals surface area contributed by atoms with E-state index in [-0.39, 0.29) is 11.9 Å². The summed E-state index contributed by atoms with van der Waals surface area (Å²) < 4.78 is 22.9. The van der Waals surface area contributed by atoms with Gasteiger partial charge in [0.15, 0.2) is 9.84 Å². The van der Waals surface area contributed by atoms with Crippen molar-refractivity contribution in [3.05, 3.63) is 12.2 Å². The molecule has 13 heavy (non-hydrogen) atoms. The molecule has 1 aliphatic heterocycles. The fourth-order valence-corrected chi connectivity index (χ4v) is 3.30. The van der Waals surface area contributed by atoms with Crippen LogP contribution in [0.25, 0.3) is 0 Å². The SMILES string of the molecule is O=S1(=O)CCCCC1/C=C\CCO. The summed E-state index contributed by atoms with van der Waals surface area (Å²) in [4.78, 5) is 0. The predicted molar refractivity (Wildman–Crippen MR) is 52.3 cm³/mol. The molecule has 4 heteroatoms. The molecule has 1 fully saturated rings. The molecule has 3 nitrogen and oxygen atoms in total. The van der Waals surface area contributed by atoms with E-state index < -0.39 is 9.84 Å². The predicted octanol–water partition coefficient (Wildman–Crippen LogP) is 0.892. The molecule has 0 radical (unpaired) electrons. The third kappa shape index (κ3) is 3.12. The van der Waals surface area contributed by atoms with Crippen LogP contribution in [-0.2, 0) is 9.84 Å². The van der Waals surface area contributed by atoms with Crippen molar-refractivity contribution in [3.8, 4) is 0 Å². The number of aliphatic hydroxyl groups is 1. The zero-order valence-corrected chi connectivity index (χ0v) is 8.46. The van der Waals surface area contributed by atoms with Gasteiger partial charge in [-0.1, -0.05) is 18.6 Å². The van der Waals surface area contributed by atoms with Crippen LogP contribution in [0.1, 0.15) is 25.7 Å². The molecule has 0 spiro atoms. The highest BCUT2D eigenvalue weighted by molar-refractivity contribution is 7.92. The summed E-state index contributed by atoms with van der Waals surface area (Å²) in [7, 11) is -2.87. The van der Waals surface area contributed by atoms with Gasteiger partial charge in [0, 0.05) is 6.61 Å². The molecular weight excluding hydrogens is 188 g/mol. The van der Waals surface area contributed by atoms with Crippen LogP contribution in [0.5, 0.6) is 0 Å². The third-order valence-corrected chi connectivity index (χ3v) is 4.45. The first-order valence-electron chi connectivity index (χ1n) is 4.66. The van der Waals surface area contributed by atoms with Gasteiger partial charge in [-0.3, -0.25) is 0 Å². The van der Waals surface area contributed by atoms with Gasteiger partial charge in [0.25, 0.3) is 0 Å². The van der Waals surface area contributed by atoms with Crippen LogP contribution in [-0.4, -0.2) is 31.1 Å². The zero-order valence-electron chi connectivity index (χ0n) is 7.65. The molecule has 1 unspecified atom stereocenters. The highest BCUT2D eigenvalue weighted by atomic mass is 32.2. The Morgan fingerprint density at radius 2 is 2.15 bits per heavy atom. The Morgan fingerprint density at radius 1 is 1.38 bits per heavy atom. The molecule has 1 rings (SSSR count). The molecule has 76 valence electrons. The van der Waals surface area contributed by atoms with E-state index in [0.717, 1.165) is 19.3 Å². The number of hydrogen-bond acceptors (Lipinski definition) is 3. The van der Waals surface area contributed by atoms with Gasteiger partial charge >= 0.3 is 0 Å². The average Bonchev–Trinajstić information content (AvgIpc) is 2.08. The molecule has 0 saturated carbocycles. The molecule has 0 aromatic rings. The van der Waals surface area contributed by atoms with E-state index in [4.69, 9.17) is 5.11 Å². The first kappa shape index (κ1) is 10.7. The minimum absolute atomic E-state index is 0.0866. The van der Waals surface area contributed by atoms with Crippen molar-refractivity contribution in [1.82, 2.24) is 0 Å². The lowest BCUT2D eigenvalue weighted by molar-refractivity contribution is 0.302. The van der Waals surface area contributed by atoms with E-state index in [2.05, 4.69) is 0 Å². The van der Waals surface area contributed by atoms with E-state index in [1.54, 1.807) is 12.2 Å². The lowest BCUT2D eigenvalue weighted by Crippen LogP contribution is -2.26. The zero-order chi connectivity index (χ0) is 9.73. The van der Waals surface area contributed by atoms with Gasteiger partial charge in [-0.25, -0.2) is 8.42 Å². The minimum Gasteiger partial charge on any atom is -0.396 e. The van der Waals surface area contributed by atoms with E-state index in [9.17, 15) is 8.42 Å². The van der Waals surface area contributed by atoms with E-state index in [1.165, 1.54) is 0 Å². The van der Waals surface area contributed by atoms with Crippen LogP contribution >= 0.6 is 0 Å². The molecule has 1 heterocycles. The van der Waals surface area contributed by atoms with Gasteiger partial charge in [0.1, 0.15) is 0 Å². The van der Waals surface area contributed by atoms with Crippen molar-refractivity contribution in [3.63, 3.8) is 0 Å². The van der Waals surface area contributed by atoms with E-state index >= 15 is 0 Å². The first-order valence-corrected chi connectivity index (χ1v) is 6.37. The summed E-state index contributed by atoms with van der Waals surface area (Å²) in [5, 5.41) is 8.23. The Labute approximate surface area is 79.4 Å². The quantitative estimate of drug-likeness (QED) is 0.695. The summed E-state index contributed by atoms with van der Waals surface area (Å²) in [5.74, 6) is 0.321. The monoisotopic (exact) mass is 204 g/mol. The molecule has 1 saturated heterocycles. The van der Waals surface area contributed by atoms with Crippen molar-refractivity contribution >= 4 is 9.84 Å². The second kappa shape index (κ2) is 4.77. The largest absolute Gasteiger partial charge is 0.396 e. The van der Waals surface area contributed by atoms with Crippen LogP contribution in [0.3, 0.4) is 0 Å². The van der Waals surface area contributed by atoms with Crippen molar-refractivity contribution in [2.24, 2.45) is 0 Å². The van der Waals surface area contributed by atoms with Crippen molar-refractivity contribution in [1.29, 1.82) is 0 Å². The van der Waals surface area contributed by atoms with Crippen LogP contribution in [0.2, 0.25) is 0 Å². The molecule has 0 aromatic carbocycles. The summed E-state index contributed by atoms with van der Waals surface area (Å²) in [6, 6.07) is 0. The standard InChI is InChI=1S/C9H16O3S/c10-7-3-1-5-9-6-2-4-8-13(9,11)12/h1,5,9-10H,2-4,6-8H2/b5-1-. The molecule has 0 amide bonds. The number of hydrogen-bond donors (Lipinski definition) is 1. The highest BCUT2D eigenvalue weighted by Gasteiger charge is 2.25. The molecular formula is C9H16O3S. The molecule has 0 aliphatic carbocycles. The average molecular weight is 204 g/mol. The Kier molecular flexibility index (Phi) is 3.93. The second-order valence-corrected chi connectivity index (χ2v) is 5.68. The minimum atomic E-state index is -2.87. The summed E-state index contributed by atoms with van der Waals surface area (Å²) in [6.07, 6.45) is 6.56. The number of rotatable bonds is 3. The molecule has 0 aromatic heterocycles. The number of aliphatic hydroxyl groups excluding tert-OH is 1. The summed E-state index contributed by atoms with van der Waals surface area (Å²) in [5.41, 5.74) is 0. The van der Waals surface area contributed by atoms with Gasteiger partial charge in [0.05, 0.1) is 11.0 Å². The molecule has 1 aliphatic rings. The Morgan fingerprint density at radius 3 is 2.77 bits per heavy atom. The maximum absolute atomic E-state index is 11.5. The Hall–Kier alpha value is -0.350. The molecule has 1 atom stereocenters. The maximum Gasteiger partial charge on any atom is 0.156 e. The molecule has 1 N–H and O–H groups in total. The second-order valence-electron chi connectivity index (χ2n) is 3.34. The summed E-state index contributed by atoms with van der Waals surface area (Å²) in [6.45, 7) is 0.0866. The van der Waals surface area contributed by atoms with E-state index in [1.807, 2.05) is 0 Å². The van der Waals surface area contributed by atoms with Gasteiger partial charge in [-0.05, 0) is 19.3 Å². The van der Waals surface area contributed by atoms with Crippen LogP contribution in [0.4, 0.5) is 0 Å². The van der Waals surface area contributed by atoms with Crippen LogP contribution in [0.15, 0.2) is 12.2 Å². The van der Waals surface area contributed by atoms with Crippen LogP contribution in [0, 0.1) is 0 Å². The Balaban J connectivity index is 2.56. The molecule has 0 bridgehead atoms. The van der Waals surface area contributed by atoms with Gasteiger partial charge in [-0.2, -0.15) is 0 Å². The maximum atomic E-state index is 11.5. The van der Waals surface area contributed by atoms with Crippen LogP contribution < -0.4 is 0 Å². The lowest BCUT2D eigenvalue weighted by Gasteiger charge is -2.18. The fraction of sp³-hybridized carbons (Fsp3) is 0.778. The highest BCUT2D eigenvalue weighted by Crippen LogP contribution is 2.20. The Bertz CT molecular complexity index is 267. The topological polar surface area (TPSA) is 54.4 Å². The van der Waals surface area contributed by atoms with Crippen molar-refractivity contribution in [2.75, 3.05) is 12.4 Å². The fourth-order valence-electron chi connectivity index (χ4n) is 1.52. The van der Waals surface area contributed by atoms with Gasteiger partial charge < -0.3 is 5.11 Å². The first-order chi connectivity index (χ1) is 6.17.